The Morgan fingerprint density at radius 3 is 2.46 bits per heavy atom. The van der Waals surface area contributed by atoms with Crippen molar-refractivity contribution in [1.29, 1.82) is 0 Å². The lowest BCUT2D eigenvalue weighted by Crippen LogP contribution is -2.33. The van der Waals surface area contributed by atoms with E-state index < -0.39 is 17.4 Å². The van der Waals surface area contributed by atoms with E-state index in [9.17, 15) is 14.0 Å². The van der Waals surface area contributed by atoms with E-state index in [4.69, 9.17) is 9.84 Å². The van der Waals surface area contributed by atoms with Crippen molar-refractivity contribution >= 4 is 11.9 Å². The van der Waals surface area contributed by atoms with Crippen LogP contribution < -0.4 is 4.74 Å². The van der Waals surface area contributed by atoms with Crippen LogP contribution in [0.15, 0.2) is 66.7 Å². The van der Waals surface area contributed by atoms with E-state index in [-0.39, 0.29) is 25.4 Å². The van der Waals surface area contributed by atoms with Crippen LogP contribution in [-0.2, 0) is 30.6 Å². The SMILES string of the molecule is CCc1ccc(C[C@@]2(C)Cc3cc(C(=O)N(CCC(=O)O)Cc4cccc(F)c4)ccc3O2)cc1. The maximum atomic E-state index is 13.7. The average molecular weight is 476 g/mol. The number of halogens is 1. The number of aryl methyl sites for hydroxylation is 1. The fraction of sp³-hybridized carbons (Fsp3) is 0.310. The molecule has 0 bridgehead atoms. The van der Waals surface area contributed by atoms with Gasteiger partial charge >= 0.3 is 5.97 Å². The van der Waals surface area contributed by atoms with Gasteiger partial charge in [-0.05, 0) is 65.9 Å². The Morgan fingerprint density at radius 1 is 1.03 bits per heavy atom. The maximum Gasteiger partial charge on any atom is 0.305 e. The van der Waals surface area contributed by atoms with Crippen LogP contribution in [0.1, 0.15) is 52.9 Å². The molecule has 0 saturated carbocycles. The van der Waals surface area contributed by atoms with Gasteiger partial charge in [-0.1, -0.05) is 43.3 Å². The highest BCUT2D eigenvalue weighted by Gasteiger charge is 2.35. The lowest BCUT2D eigenvalue weighted by molar-refractivity contribution is -0.137. The summed E-state index contributed by atoms with van der Waals surface area (Å²) in [5.41, 5.74) is 4.10. The molecule has 0 saturated heterocycles. The van der Waals surface area contributed by atoms with Crippen molar-refractivity contribution in [2.24, 2.45) is 0 Å². The van der Waals surface area contributed by atoms with Crippen LogP contribution >= 0.6 is 0 Å². The van der Waals surface area contributed by atoms with E-state index in [0.717, 1.165) is 24.2 Å². The molecule has 1 aliphatic heterocycles. The number of rotatable bonds is 9. The van der Waals surface area contributed by atoms with Gasteiger partial charge in [0.25, 0.3) is 5.91 Å². The van der Waals surface area contributed by atoms with Crippen LogP contribution in [-0.4, -0.2) is 34.0 Å². The Morgan fingerprint density at radius 2 is 1.77 bits per heavy atom. The van der Waals surface area contributed by atoms with Crippen molar-refractivity contribution in [3.63, 3.8) is 0 Å². The van der Waals surface area contributed by atoms with Crippen molar-refractivity contribution in [2.75, 3.05) is 6.54 Å². The van der Waals surface area contributed by atoms with Crippen LogP contribution in [0.2, 0.25) is 0 Å². The Balaban J connectivity index is 1.51. The number of nitrogens with zero attached hydrogens (tertiary/aromatic N) is 1. The van der Waals surface area contributed by atoms with Crippen LogP contribution in [0, 0.1) is 5.82 Å². The minimum absolute atomic E-state index is 0.0315. The molecule has 0 unspecified atom stereocenters. The number of carbonyl (C=O) groups excluding carboxylic acids is 1. The molecule has 1 heterocycles. The summed E-state index contributed by atoms with van der Waals surface area (Å²) in [4.78, 5) is 26.0. The number of carbonyl (C=O) groups is 2. The number of hydrogen-bond acceptors (Lipinski definition) is 3. The summed E-state index contributed by atoms with van der Waals surface area (Å²) in [5.74, 6) is -0.919. The molecule has 6 heteroatoms. The fourth-order valence-electron chi connectivity index (χ4n) is 4.60. The summed E-state index contributed by atoms with van der Waals surface area (Å²) < 4.78 is 20.0. The lowest BCUT2D eigenvalue weighted by atomic mass is 9.91. The number of carboxylic acid groups (broad SMARTS) is 1. The molecule has 1 atom stereocenters. The zero-order valence-electron chi connectivity index (χ0n) is 20.1. The van der Waals surface area contributed by atoms with Crippen molar-refractivity contribution in [2.45, 2.75) is 51.7 Å². The standard InChI is InChI=1S/C29H30FNO4/c1-3-20-7-9-21(10-8-20)17-29(2)18-24-16-23(11-12-26(24)35-29)28(34)31(14-13-27(32)33)19-22-5-4-6-25(30)15-22/h4-12,15-16H,3,13-14,17-19H2,1-2H3,(H,32,33)/t29-/m0/s1. The third kappa shape index (κ3) is 6.07. The van der Waals surface area contributed by atoms with E-state index >= 15 is 0 Å². The van der Waals surface area contributed by atoms with Gasteiger partial charge in [-0.25, -0.2) is 4.39 Å². The summed E-state index contributed by atoms with van der Waals surface area (Å²) in [6.45, 7) is 4.37. The molecule has 3 aromatic rings. The molecule has 0 fully saturated rings. The van der Waals surface area contributed by atoms with Gasteiger partial charge in [-0.2, -0.15) is 0 Å². The number of carboxylic acids is 1. The third-order valence-electron chi connectivity index (χ3n) is 6.38. The topological polar surface area (TPSA) is 66.8 Å². The maximum absolute atomic E-state index is 13.7. The summed E-state index contributed by atoms with van der Waals surface area (Å²) in [7, 11) is 0. The van der Waals surface area contributed by atoms with Crippen molar-refractivity contribution in [3.05, 3.63) is 100 Å². The first-order valence-electron chi connectivity index (χ1n) is 11.9. The van der Waals surface area contributed by atoms with Gasteiger partial charge in [-0.3, -0.25) is 9.59 Å². The van der Waals surface area contributed by atoms with E-state index in [2.05, 4.69) is 38.1 Å². The van der Waals surface area contributed by atoms with Gasteiger partial charge in [0, 0.05) is 31.5 Å². The zero-order valence-corrected chi connectivity index (χ0v) is 20.1. The molecule has 1 amide bonds. The molecule has 3 aromatic carbocycles. The Kier molecular flexibility index (Phi) is 7.20. The van der Waals surface area contributed by atoms with E-state index in [1.165, 1.54) is 28.2 Å². The minimum atomic E-state index is -0.993. The number of fused-ring (bicyclic) bond motifs is 1. The zero-order chi connectivity index (χ0) is 25.0. The molecule has 0 radical (unpaired) electrons. The van der Waals surface area contributed by atoms with Crippen LogP contribution in [0.5, 0.6) is 5.75 Å². The lowest BCUT2D eigenvalue weighted by Gasteiger charge is -2.24. The van der Waals surface area contributed by atoms with Crippen molar-refractivity contribution < 1.29 is 23.8 Å². The molecular formula is C29H30FNO4. The van der Waals surface area contributed by atoms with Gasteiger partial charge in [0.15, 0.2) is 0 Å². The van der Waals surface area contributed by atoms with E-state index in [1.54, 1.807) is 18.2 Å². The Bertz CT molecular complexity index is 1220. The molecule has 0 spiro atoms. The molecule has 0 aliphatic carbocycles. The molecule has 182 valence electrons. The minimum Gasteiger partial charge on any atom is -0.487 e. The number of benzene rings is 3. The van der Waals surface area contributed by atoms with Gasteiger partial charge < -0.3 is 14.7 Å². The van der Waals surface area contributed by atoms with E-state index in [1.807, 2.05) is 12.1 Å². The summed E-state index contributed by atoms with van der Waals surface area (Å²) in [6.07, 6.45) is 2.22. The van der Waals surface area contributed by atoms with Gasteiger partial charge in [0.1, 0.15) is 17.2 Å². The first kappa shape index (κ1) is 24.5. The monoisotopic (exact) mass is 475 g/mol. The van der Waals surface area contributed by atoms with Crippen LogP contribution in [0.4, 0.5) is 4.39 Å². The number of amides is 1. The number of hydrogen-bond donors (Lipinski definition) is 1. The summed E-state index contributed by atoms with van der Waals surface area (Å²) >= 11 is 0. The Hall–Kier alpha value is -3.67. The Labute approximate surface area is 205 Å². The highest BCUT2D eigenvalue weighted by atomic mass is 19.1. The summed E-state index contributed by atoms with van der Waals surface area (Å²) in [6, 6.07) is 19.9. The fourth-order valence-corrected chi connectivity index (χ4v) is 4.60. The molecule has 1 N–H and O–H groups in total. The third-order valence-corrected chi connectivity index (χ3v) is 6.38. The van der Waals surface area contributed by atoms with Crippen molar-refractivity contribution in [1.82, 2.24) is 4.90 Å². The first-order valence-corrected chi connectivity index (χ1v) is 11.9. The second-order valence-electron chi connectivity index (χ2n) is 9.40. The summed E-state index contributed by atoms with van der Waals surface area (Å²) in [5, 5.41) is 9.15. The smallest absolute Gasteiger partial charge is 0.305 e. The van der Waals surface area contributed by atoms with E-state index in [0.29, 0.717) is 17.5 Å². The second-order valence-corrected chi connectivity index (χ2v) is 9.40. The van der Waals surface area contributed by atoms with Crippen molar-refractivity contribution in [3.8, 4) is 5.75 Å². The van der Waals surface area contributed by atoms with Gasteiger partial charge in [0.05, 0.1) is 6.42 Å². The van der Waals surface area contributed by atoms with Gasteiger partial charge in [-0.15, -0.1) is 0 Å². The quantitative estimate of drug-likeness (QED) is 0.447. The first-order chi connectivity index (χ1) is 16.7. The average Bonchev–Trinajstić information content (AvgIpc) is 3.16. The molecule has 35 heavy (non-hydrogen) atoms. The molecule has 4 rings (SSSR count). The molecule has 1 aliphatic rings. The van der Waals surface area contributed by atoms with Gasteiger partial charge in [0.2, 0.25) is 0 Å². The number of ether oxygens (including phenoxy) is 1. The predicted octanol–water partition coefficient (Wildman–Crippen LogP) is 5.44. The van der Waals surface area contributed by atoms with Crippen LogP contribution in [0.25, 0.3) is 0 Å². The highest BCUT2D eigenvalue weighted by Crippen LogP contribution is 2.37. The van der Waals surface area contributed by atoms with Crippen LogP contribution in [0.3, 0.4) is 0 Å². The largest absolute Gasteiger partial charge is 0.487 e. The molecule has 0 aromatic heterocycles. The molecule has 5 nitrogen and oxygen atoms in total. The number of aliphatic carboxylic acids is 1. The molecular weight excluding hydrogens is 445 g/mol. The predicted molar refractivity (Wildman–Crippen MR) is 132 cm³/mol. The highest BCUT2D eigenvalue weighted by molar-refractivity contribution is 5.95. The normalized spacial score (nSPS) is 16.4. The second kappa shape index (κ2) is 10.3.